The Morgan fingerprint density at radius 2 is 2.00 bits per heavy atom. The first kappa shape index (κ1) is 15.7. The molecule has 0 unspecified atom stereocenters. The summed E-state index contributed by atoms with van der Waals surface area (Å²) in [7, 11) is 3.84. The predicted molar refractivity (Wildman–Crippen MR) is 90.2 cm³/mol. The van der Waals surface area contributed by atoms with E-state index in [1.807, 2.05) is 30.9 Å². The fourth-order valence-corrected chi connectivity index (χ4v) is 2.67. The molecule has 0 saturated carbocycles. The molecule has 0 fully saturated rings. The van der Waals surface area contributed by atoms with Gasteiger partial charge in [0.25, 0.3) is 0 Å². The van der Waals surface area contributed by atoms with Crippen LogP contribution < -0.4 is 0 Å². The number of rotatable bonds is 8. The van der Waals surface area contributed by atoms with Crippen LogP contribution in [0.4, 0.5) is 0 Å². The monoisotopic (exact) mass is 313 g/mol. The van der Waals surface area contributed by atoms with E-state index in [1.54, 1.807) is 7.11 Å². The van der Waals surface area contributed by atoms with Crippen LogP contribution in [-0.4, -0.2) is 51.3 Å². The highest BCUT2D eigenvalue weighted by Gasteiger charge is 2.08. The summed E-state index contributed by atoms with van der Waals surface area (Å²) in [6.45, 7) is 4.22. The molecule has 3 rings (SSSR count). The van der Waals surface area contributed by atoms with Gasteiger partial charge in [-0.3, -0.25) is 4.90 Å². The van der Waals surface area contributed by atoms with Gasteiger partial charge in [0.1, 0.15) is 5.82 Å². The molecular weight excluding hydrogens is 290 g/mol. The van der Waals surface area contributed by atoms with Gasteiger partial charge in [-0.15, -0.1) is 0 Å². The molecule has 0 atom stereocenters. The summed E-state index contributed by atoms with van der Waals surface area (Å²) in [5.41, 5.74) is 2.23. The lowest BCUT2D eigenvalue weighted by Crippen LogP contribution is -2.24. The van der Waals surface area contributed by atoms with Crippen LogP contribution in [0.5, 0.6) is 0 Å². The van der Waals surface area contributed by atoms with E-state index in [-0.39, 0.29) is 0 Å². The second kappa shape index (κ2) is 7.39. The zero-order valence-corrected chi connectivity index (χ0v) is 13.7. The maximum atomic E-state index is 5.14. The Kier molecular flexibility index (Phi) is 5.05. The molecule has 122 valence electrons. The Balaban J connectivity index is 1.57. The molecule has 6 nitrogen and oxygen atoms in total. The van der Waals surface area contributed by atoms with Gasteiger partial charge in [-0.2, -0.15) is 0 Å². The molecule has 0 aliphatic heterocycles. The summed E-state index contributed by atoms with van der Waals surface area (Å²) in [4.78, 5) is 11.2. The smallest absolute Gasteiger partial charge is 0.122 e. The maximum Gasteiger partial charge on any atom is 0.122 e. The van der Waals surface area contributed by atoms with E-state index >= 15 is 0 Å². The first-order valence-electron chi connectivity index (χ1n) is 7.85. The number of nitrogens with zero attached hydrogens (tertiary/aromatic N) is 5. The van der Waals surface area contributed by atoms with Gasteiger partial charge < -0.3 is 13.9 Å². The Morgan fingerprint density at radius 3 is 2.87 bits per heavy atom. The minimum atomic E-state index is 0.702. The van der Waals surface area contributed by atoms with Crippen LogP contribution in [0.3, 0.4) is 0 Å². The number of benzene rings is 1. The van der Waals surface area contributed by atoms with E-state index in [9.17, 15) is 0 Å². The van der Waals surface area contributed by atoms with Crippen LogP contribution in [0, 0.1) is 0 Å². The van der Waals surface area contributed by atoms with Crippen molar-refractivity contribution in [1.82, 2.24) is 24.0 Å². The lowest BCUT2D eigenvalue weighted by molar-refractivity contribution is 0.184. The summed E-state index contributed by atoms with van der Waals surface area (Å²) < 4.78 is 9.48. The van der Waals surface area contributed by atoms with E-state index in [0.717, 1.165) is 37.5 Å². The normalized spacial score (nSPS) is 11.6. The topological polar surface area (TPSA) is 48.1 Å². The number of fused-ring (bicyclic) bond motifs is 1. The van der Waals surface area contributed by atoms with Crippen molar-refractivity contribution < 1.29 is 4.74 Å². The molecule has 0 N–H and O–H groups in total. The predicted octanol–water partition coefficient (Wildman–Crippen LogP) is 2.01. The summed E-state index contributed by atoms with van der Waals surface area (Å²) in [6.07, 6.45) is 5.77. The van der Waals surface area contributed by atoms with Crippen LogP contribution in [-0.2, 0) is 24.4 Å². The number of likely N-dealkylation sites (N-methyl/N-ethyl adjacent to an activating group) is 1. The average Bonchev–Trinajstić information content (AvgIpc) is 3.17. The fraction of sp³-hybridized carbons (Fsp3) is 0.412. The lowest BCUT2D eigenvalue weighted by Gasteiger charge is -2.17. The molecule has 1 aromatic carbocycles. The molecule has 0 amide bonds. The highest BCUT2D eigenvalue weighted by molar-refractivity contribution is 5.74. The van der Waals surface area contributed by atoms with E-state index in [2.05, 4.69) is 43.2 Å². The lowest BCUT2D eigenvalue weighted by atomic mass is 10.3. The molecular formula is C17H23N5O. The number of para-hydroxylation sites is 2. The highest BCUT2D eigenvalue weighted by atomic mass is 16.5. The molecule has 0 saturated heterocycles. The van der Waals surface area contributed by atoms with Crippen molar-refractivity contribution in [2.75, 3.05) is 27.3 Å². The van der Waals surface area contributed by atoms with Gasteiger partial charge in [0.05, 0.1) is 30.5 Å². The molecule has 6 heteroatoms. The summed E-state index contributed by atoms with van der Waals surface area (Å²) in [6, 6.07) is 8.23. The van der Waals surface area contributed by atoms with Gasteiger partial charge in [-0.1, -0.05) is 12.1 Å². The third kappa shape index (κ3) is 3.78. The zero-order chi connectivity index (χ0) is 16.1. The van der Waals surface area contributed by atoms with Gasteiger partial charge in [0, 0.05) is 39.1 Å². The average molecular weight is 313 g/mol. The van der Waals surface area contributed by atoms with E-state index in [1.165, 1.54) is 5.52 Å². The fourth-order valence-electron chi connectivity index (χ4n) is 2.67. The Labute approximate surface area is 136 Å². The van der Waals surface area contributed by atoms with Crippen molar-refractivity contribution in [3.8, 4) is 0 Å². The van der Waals surface area contributed by atoms with E-state index in [0.29, 0.717) is 6.61 Å². The molecule has 3 aromatic rings. The highest BCUT2D eigenvalue weighted by Crippen LogP contribution is 2.11. The summed E-state index contributed by atoms with van der Waals surface area (Å²) in [5, 5.41) is 0. The van der Waals surface area contributed by atoms with Crippen LogP contribution in [0.15, 0.2) is 43.0 Å². The van der Waals surface area contributed by atoms with Crippen molar-refractivity contribution >= 4 is 11.0 Å². The van der Waals surface area contributed by atoms with Gasteiger partial charge in [-0.25, -0.2) is 9.97 Å². The molecule has 0 radical (unpaired) electrons. The molecule has 2 aromatic heterocycles. The SMILES string of the molecule is COCCn1ccnc1CN(C)CCn1cnc2ccccc21. The number of imidazole rings is 2. The Morgan fingerprint density at radius 1 is 1.13 bits per heavy atom. The molecule has 0 bridgehead atoms. The molecule has 0 spiro atoms. The van der Waals surface area contributed by atoms with Crippen molar-refractivity contribution in [3.63, 3.8) is 0 Å². The van der Waals surface area contributed by atoms with Crippen LogP contribution >= 0.6 is 0 Å². The number of hydrogen-bond donors (Lipinski definition) is 0. The first-order chi connectivity index (χ1) is 11.3. The van der Waals surface area contributed by atoms with Gasteiger partial charge in [0.2, 0.25) is 0 Å². The minimum absolute atomic E-state index is 0.702. The van der Waals surface area contributed by atoms with Crippen molar-refractivity contribution in [1.29, 1.82) is 0 Å². The number of aromatic nitrogens is 4. The largest absolute Gasteiger partial charge is 0.383 e. The quantitative estimate of drug-likeness (QED) is 0.638. The number of hydrogen-bond acceptors (Lipinski definition) is 4. The molecule has 0 aliphatic rings. The standard InChI is InChI=1S/C17H23N5O/c1-20(13-17-18-7-8-21(17)11-12-23-2)9-10-22-14-19-15-5-3-4-6-16(15)22/h3-8,14H,9-13H2,1-2H3. The van der Waals surface area contributed by atoms with Crippen LogP contribution in [0.25, 0.3) is 11.0 Å². The minimum Gasteiger partial charge on any atom is -0.383 e. The van der Waals surface area contributed by atoms with Crippen molar-refractivity contribution in [2.24, 2.45) is 0 Å². The number of methoxy groups -OCH3 is 1. The third-order valence-corrected chi connectivity index (χ3v) is 4.00. The van der Waals surface area contributed by atoms with E-state index in [4.69, 9.17) is 4.74 Å². The van der Waals surface area contributed by atoms with Gasteiger partial charge >= 0.3 is 0 Å². The zero-order valence-electron chi connectivity index (χ0n) is 13.7. The Bertz CT molecular complexity index is 748. The second-order valence-electron chi connectivity index (χ2n) is 5.69. The Hall–Kier alpha value is -2.18. The molecule has 2 heterocycles. The second-order valence-corrected chi connectivity index (χ2v) is 5.69. The summed E-state index contributed by atoms with van der Waals surface area (Å²) >= 11 is 0. The third-order valence-electron chi connectivity index (χ3n) is 4.00. The molecule has 0 aliphatic carbocycles. The summed E-state index contributed by atoms with van der Waals surface area (Å²) in [5.74, 6) is 1.07. The van der Waals surface area contributed by atoms with Crippen LogP contribution in [0.2, 0.25) is 0 Å². The van der Waals surface area contributed by atoms with E-state index < -0.39 is 0 Å². The maximum absolute atomic E-state index is 5.14. The van der Waals surface area contributed by atoms with Gasteiger partial charge in [-0.05, 0) is 19.2 Å². The first-order valence-corrected chi connectivity index (χ1v) is 7.85. The van der Waals surface area contributed by atoms with Crippen molar-refractivity contribution in [2.45, 2.75) is 19.6 Å². The van der Waals surface area contributed by atoms with Crippen molar-refractivity contribution in [3.05, 3.63) is 48.8 Å². The van der Waals surface area contributed by atoms with Gasteiger partial charge in [0.15, 0.2) is 0 Å². The number of ether oxygens (including phenoxy) is 1. The molecule has 23 heavy (non-hydrogen) atoms. The van der Waals surface area contributed by atoms with Crippen LogP contribution in [0.1, 0.15) is 5.82 Å².